The van der Waals surface area contributed by atoms with E-state index >= 15 is 0 Å². The number of ether oxygens (including phenoxy) is 1. The number of pyridine rings is 1. The lowest BCUT2D eigenvalue weighted by Crippen LogP contribution is -2.41. The smallest absolute Gasteiger partial charge is 0.433 e. The van der Waals surface area contributed by atoms with Crippen molar-refractivity contribution < 1.29 is 22.7 Å². The first-order valence-corrected chi connectivity index (χ1v) is 13.8. The maximum atomic E-state index is 12.9. The van der Waals surface area contributed by atoms with Gasteiger partial charge in [-0.05, 0) is 55.1 Å². The topological polar surface area (TPSA) is 80.2 Å². The Hall–Kier alpha value is -3.72. The Balaban J connectivity index is 1.27. The zero-order chi connectivity index (χ0) is 29.1. The van der Waals surface area contributed by atoms with E-state index in [1.807, 2.05) is 47.4 Å². The fourth-order valence-electron chi connectivity index (χ4n) is 4.60. The molecule has 1 atom stereocenters. The zero-order valence-corrected chi connectivity index (χ0v) is 23.1. The number of likely N-dealkylation sites (tertiary alicyclic amines) is 1. The minimum Gasteiger partial charge on any atom is -0.474 e. The largest absolute Gasteiger partial charge is 0.474 e. The molecule has 1 saturated heterocycles. The third-order valence-corrected chi connectivity index (χ3v) is 7.01. The molecular weight excluding hydrogens is 555 g/mol. The monoisotopic (exact) mass is 585 g/mol. The lowest BCUT2D eigenvalue weighted by molar-refractivity contribution is -0.141. The van der Waals surface area contributed by atoms with Crippen molar-refractivity contribution >= 4 is 23.6 Å². The lowest BCUT2D eigenvalue weighted by Gasteiger charge is -2.33. The first kappa shape index (κ1) is 30.2. The number of nitrogens with zero attached hydrogens (tertiary/aromatic N) is 4. The first-order valence-electron chi connectivity index (χ1n) is 13.4. The molecule has 1 fully saturated rings. The molecule has 4 rings (SSSR count). The first-order chi connectivity index (χ1) is 19.8. The molecule has 0 amide bonds. The molecule has 0 aliphatic carbocycles. The van der Waals surface area contributed by atoms with Crippen molar-refractivity contribution in [2.45, 2.75) is 38.0 Å². The summed E-state index contributed by atoms with van der Waals surface area (Å²) in [4.78, 5) is 25.3. The predicted molar refractivity (Wildman–Crippen MR) is 151 cm³/mol. The summed E-state index contributed by atoms with van der Waals surface area (Å²) in [5, 5.41) is 4.10. The highest BCUT2D eigenvalue weighted by atomic mass is 35.5. The summed E-state index contributed by atoms with van der Waals surface area (Å²) < 4.78 is 44.4. The molecule has 3 aromatic rings. The van der Waals surface area contributed by atoms with E-state index in [4.69, 9.17) is 16.3 Å². The van der Waals surface area contributed by atoms with Crippen LogP contribution >= 0.6 is 11.6 Å². The summed E-state index contributed by atoms with van der Waals surface area (Å²) in [5.41, 5.74) is 1.54. The normalized spacial score (nSPS) is 15.1. The molecule has 3 heterocycles. The summed E-state index contributed by atoms with van der Waals surface area (Å²) in [7, 11) is 0. The molecule has 216 valence electrons. The van der Waals surface area contributed by atoms with Crippen molar-refractivity contribution in [1.82, 2.24) is 25.2 Å². The van der Waals surface area contributed by atoms with E-state index < -0.39 is 11.9 Å². The van der Waals surface area contributed by atoms with Gasteiger partial charge >= 0.3 is 6.18 Å². The Morgan fingerprint density at radius 2 is 1.93 bits per heavy atom. The van der Waals surface area contributed by atoms with E-state index in [2.05, 4.69) is 38.4 Å². The van der Waals surface area contributed by atoms with E-state index in [9.17, 15) is 18.0 Å². The van der Waals surface area contributed by atoms with Gasteiger partial charge in [0.05, 0.1) is 0 Å². The van der Waals surface area contributed by atoms with Crippen LogP contribution in [0.5, 0.6) is 5.88 Å². The maximum absolute atomic E-state index is 12.9. The Bertz CT molecular complexity index is 1320. The third-order valence-electron chi connectivity index (χ3n) is 6.76. The van der Waals surface area contributed by atoms with Crippen molar-refractivity contribution in [3.63, 3.8) is 0 Å². The van der Waals surface area contributed by atoms with Crippen LogP contribution < -0.4 is 10.1 Å². The van der Waals surface area contributed by atoms with Crippen LogP contribution in [0.1, 0.15) is 36.2 Å². The fraction of sp³-hybridized carbons (Fsp3) is 0.367. The van der Waals surface area contributed by atoms with Crippen LogP contribution in [0.15, 0.2) is 72.8 Å². The number of aromatic nitrogens is 3. The molecule has 41 heavy (non-hydrogen) atoms. The average Bonchev–Trinajstić information content (AvgIpc) is 2.97. The molecule has 11 heteroatoms. The molecule has 0 saturated carbocycles. The molecule has 1 aromatic carbocycles. The van der Waals surface area contributed by atoms with Crippen molar-refractivity contribution in [3.05, 3.63) is 94.8 Å². The van der Waals surface area contributed by atoms with E-state index in [0.29, 0.717) is 49.7 Å². The molecule has 1 aliphatic rings. The van der Waals surface area contributed by atoms with Crippen molar-refractivity contribution in [2.75, 3.05) is 26.2 Å². The Kier molecular flexibility index (Phi) is 10.9. The summed E-state index contributed by atoms with van der Waals surface area (Å²) in [6, 6.07) is 14.3. The number of benzene rings is 1. The number of rotatable bonds is 12. The molecule has 1 unspecified atom stereocenters. The highest BCUT2D eigenvalue weighted by molar-refractivity contribution is 6.30. The molecule has 7 nitrogen and oxygen atoms in total. The lowest BCUT2D eigenvalue weighted by atomic mass is 9.98. The van der Waals surface area contributed by atoms with Gasteiger partial charge in [0.2, 0.25) is 5.88 Å². The Morgan fingerprint density at radius 3 is 2.61 bits per heavy atom. The van der Waals surface area contributed by atoms with Gasteiger partial charge in [0.1, 0.15) is 24.1 Å². The van der Waals surface area contributed by atoms with Crippen LogP contribution in [0.3, 0.4) is 0 Å². The maximum Gasteiger partial charge on any atom is 0.433 e. The van der Waals surface area contributed by atoms with Crippen LogP contribution in [0, 0.1) is 5.92 Å². The summed E-state index contributed by atoms with van der Waals surface area (Å²) >= 11 is 5.98. The molecule has 1 aliphatic heterocycles. The van der Waals surface area contributed by atoms with Crippen molar-refractivity contribution in [3.8, 4) is 5.88 Å². The second-order valence-electron chi connectivity index (χ2n) is 9.80. The number of allylic oxidation sites excluding steroid dienone is 1. The van der Waals surface area contributed by atoms with E-state index in [-0.39, 0.29) is 17.9 Å². The van der Waals surface area contributed by atoms with Gasteiger partial charge in [0.25, 0.3) is 0 Å². The second-order valence-corrected chi connectivity index (χ2v) is 10.2. The minimum absolute atomic E-state index is 0.109. The number of hydrogen-bond donors (Lipinski definition) is 1. The average molecular weight is 586 g/mol. The molecule has 2 aromatic heterocycles. The quantitative estimate of drug-likeness (QED) is 0.275. The van der Waals surface area contributed by atoms with Crippen molar-refractivity contribution in [1.29, 1.82) is 0 Å². The van der Waals surface area contributed by atoms with Gasteiger partial charge < -0.3 is 15.0 Å². The number of nitrogens with one attached hydrogen (secondary N) is 1. The van der Waals surface area contributed by atoms with Gasteiger partial charge in [-0.25, -0.2) is 14.8 Å². The highest BCUT2D eigenvalue weighted by Crippen LogP contribution is 2.29. The van der Waals surface area contributed by atoms with Crippen LogP contribution in [0.25, 0.3) is 6.08 Å². The van der Waals surface area contributed by atoms with Gasteiger partial charge in [0, 0.05) is 55.5 Å². The molecule has 0 spiro atoms. The Morgan fingerprint density at radius 1 is 1.15 bits per heavy atom. The van der Waals surface area contributed by atoms with Crippen molar-refractivity contribution in [2.24, 2.45) is 5.92 Å². The second kappa shape index (κ2) is 14.8. The number of piperidine rings is 1. The standard InChI is InChI=1S/C30H31ClF3N5O2/c31-24-9-7-22(8-10-24)4-3-5-23(16-25-6-1-2-13-36-25)18-35-19-26(20-40)39-14-11-27(12-15-39)41-29-17-28(30(32,33)34)37-21-38-29/h1-4,6-10,13,17,21,23,27,35H,5,11-12,14-16,18-19H2/b4-3+. The van der Waals surface area contributed by atoms with Gasteiger partial charge in [-0.2, -0.15) is 13.2 Å². The van der Waals surface area contributed by atoms with Crippen LogP contribution in [-0.4, -0.2) is 58.1 Å². The number of hydrogen-bond acceptors (Lipinski definition) is 7. The SMILES string of the molecule is O=C=C(CNCC(C/C=C/c1ccc(Cl)cc1)Cc1ccccn1)N1CCC(Oc2cc(C(F)(F)F)ncn2)CC1. The van der Waals surface area contributed by atoms with Gasteiger partial charge in [-0.3, -0.25) is 4.98 Å². The minimum atomic E-state index is -4.56. The van der Waals surface area contributed by atoms with Crippen LogP contribution in [0.4, 0.5) is 13.2 Å². The number of halogens is 4. The molecular formula is C30H31ClF3N5O2. The number of alkyl halides is 3. The summed E-state index contributed by atoms with van der Waals surface area (Å²) in [6.07, 6.45) is 4.62. The van der Waals surface area contributed by atoms with Gasteiger partial charge in [-0.1, -0.05) is 42.0 Å². The Labute approximate surface area is 242 Å². The molecule has 0 radical (unpaired) electrons. The number of carbonyl (C=O) groups excluding carboxylic acids is 1. The zero-order valence-electron chi connectivity index (χ0n) is 22.4. The fourth-order valence-corrected chi connectivity index (χ4v) is 4.73. The van der Waals surface area contributed by atoms with Gasteiger partial charge in [0.15, 0.2) is 5.69 Å². The third kappa shape index (κ3) is 9.70. The summed E-state index contributed by atoms with van der Waals surface area (Å²) in [5.74, 6) is 2.20. The van der Waals surface area contributed by atoms with Crippen LogP contribution in [0.2, 0.25) is 5.02 Å². The van der Waals surface area contributed by atoms with Crippen LogP contribution in [-0.2, 0) is 17.4 Å². The summed E-state index contributed by atoms with van der Waals surface area (Å²) in [6.45, 7) is 2.07. The van der Waals surface area contributed by atoms with E-state index in [0.717, 1.165) is 36.5 Å². The van der Waals surface area contributed by atoms with E-state index in [1.54, 1.807) is 6.20 Å². The predicted octanol–water partition coefficient (Wildman–Crippen LogP) is 5.65. The molecule has 1 N–H and O–H groups in total. The van der Waals surface area contributed by atoms with E-state index in [1.165, 1.54) is 0 Å². The van der Waals surface area contributed by atoms with Gasteiger partial charge in [-0.15, -0.1) is 0 Å². The highest BCUT2D eigenvalue weighted by Gasteiger charge is 2.33. The molecule has 0 bridgehead atoms.